The van der Waals surface area contributed by atoms with Crippen molar-refractivity contribution in [3.8, 4) is 0 Å². The third-order valence-corrected chi connectivity index (χ3v) is 5.14. The monoisotopic (exact) mass is 500 g/mol. The van der Waals surface area contributed by atoms with Crippen LogP contribution in [0.1, 0.15) is 28.0 Å². The molecule has 0 spiro atoms. The zero-order valence-corrected chi connectivity index (χ0v) is 19.7. The number of nitrogens with zero attached hydrogens (tertiary/aromatic N) is 4. The number of amides is 1. The minimum atomic E-state index is -2.11. The van der Waals surface area contributed by atoms with Crippen LogP contribution in [-0.4, -0.2) is 64.2 Å². The summed E-state index contributed by atoms with van der Waals surface area (Å²) in [6.07, 6.45) is -1.21. The Morgan fingerprint density at radius 3 is 2.47 bits per heavy atom. The standard InChI is InChI=1S/C22H25FN8O5/c1-10-6-11(19(32)29-15(21(34)36-3)7-13(23)20(33)35-2)4-5-14(10)26-8-12-9-27-18-16(28-12)17(24)30-22(25)31-18/h4-6,9,13,15,26H,7-8H2,1-3H3,(H,29,32)(H4,24,25,27,30,31)/t13-,15-/m0/s1. The van der Waals surface area contributed by atoms with Crippen molar-refractivity contribution in [3.63, 3.8) is 0 Å². The van der Waals surface area contributed by atoms with E-state index in [1.54, 1.807) is 19.1 Å². The number of carbonyl (C=O) groups excluding carboxylic acids is 3. The van der Waals surface area contributed by atoms with E-state index < -0.39 is 36.5 Å². The summed E-state index contributed by atoms with van der Waals surface area (Å²) in [5.41, 5.74) is 14.2. The lowest BCUT2D eigenvalue weighted by atomic mass is 10.1. The summed E-state index contributed by atoms with van der Waals surface area (Å²) in [5, 5.41) is 5.58. The van der Waals surface area contributed by atoms with Crippen molar-refractivity contribution in [1.29, 1.82) is 0 Å². The highest BCUT2D eigenvalue weighted by atomic mass is 19.1. The van der Waals surface area contributed by atoms with Crippen molar-refractivity contribution in [2.45, 2.75) is 32.1 Å². The molecular formula is C22H25FN8O5. The highest BCUT2D eigenvalue weighted by Gasteiger charge is 2.30. The van der Waals surface area contributed by atoms with E-state index in [4.69, 9.17) is 11.5 Å². The molecule has 0 saturated carbocycles. The largest absolute Gasteiger partial charge is 0.467 e. The second-order valence-corrected chi connectivity index (χ2v) is 7.66. The zero-order valence-electron chi connectivity index (χ0n) is 19.7. The summed E-state index contributed by atoms with van der Waals surface area (Å²) in [4.78, 5) is 52.5. The average Bonchev–Trinajstić information content (AvgIpc) is 2.86. The van der Waals surface area contributed by atoms with Crippen LogP contribution < -0.4 is 22.1 Å². The van der Waals surface area contributed by atoms with E-state index in [0.29, 0.717) is 22.5 Å². The Morgan fingerprint density at radius 1 is 1.08 bits per heavy atom. The summed E-state index contributed by atoms with van der Waals surface area (Å²) >= 11 is 0. The Bertz CT molecular complexity index is 1300. The van der Waals surface area contributed by atoms with E-state index in [2.05, 4.69) is 40.0 Å². The molecule has 0 unspecified atom stereocenters. The van der Waals surface area contributed by atoms with Crippen molar-refractivity contribution < 1.29 is 28.2 Å². The van der Waals surface area contributed by atoms with Crippen LogP contribution in [0, 0.1) is 6.92 Å². The number of hydrogen-bond donors (Lipinski definition) is 4. The van der Waals surface area contributed by atoms with Gasteiger partial charge in [-0.3, -0.25) is 4.79 Å². The Labute approximate surface area is 204 Å². The molecule has 0 aliphatic rings. The van der Waals surface area contributed by atoms with Gasteiger partial charge in [-0.05, 0) is 30.7 Å². The molecule has 36 heavy (non-hydrogen) atoms. The van der Waals surface area contributed by atoms with Crippen LogP contribution in [0.3, 0.4) is 0 Å². The predicted octanol–water partition coefficient (Wildman–Crippen LogP) is 0.677. The molecular weight excluding hydrogens is 475 g/mol. The summed E-state index contributed by atoms with van der Waals surface area (Å²) in [7, 11) is 2.11. The van der Waals surface area contributed by atoms with Gasteiger partial charge in [0.05, 0.1) is 32.7 Å². The molecule has 1 aromatic carbocycles. The van der Waals surface area contributed by atoms with Crippen molar-refractivity contribution >= 4 is 46.5 Å². The van der Waals surface area contributed by atoms with E-state index in [-0.39, 0.29) is 29.5 Å². The normalized spacial score (nSPS) is 12.4. The molecule has 0 aliphatic carbocycles. The van der Waals surface area contributed by atoms with Gasteiger partial charge in [-0.2, -0.15) is 9.97 Å². The van der Waals surface area contributed by atoms with Crippen LogP contribution in [0.4, 0.5) is 21.8 Å². The highest BCUT2D eigenvalue weighted by Crippen LogP contribution is 2.19. The molecule has 0 aliphatic heterocycles. The minimum Gasteiger partial charge on any atom is -0.467 e. The average molecular weight is 500 g/mol. The van der Waals surface area contributed by atoms with E-state index in [1.807, 2.05) is 0 Å². The second-order valence-electron chi connectivity index (χ2n) is 7.66. The van der Waals surface area contributed by atoms with Gasteiger partial charge in [-0.25, -0.2) is 23.9 Å². The number of rotatable bonds is 9. The van der Waals surface area contributed by atoms with Crippen LogP contribution in [-0.2, 0) is 25.6 Å². The number of alkyl halides is 1. The third-order valence-electron chi connectivity index (χ3n) is 5.14. The van der Waals surface area contributed by atoms with Gasteiger partial charge in [0.25, 0.3) is 5.91 Å². The number of aryl methyl sites for hydroxylation is 1. The highest BCUT2D eigenvalue weighted by molar-refractivity contribution is 5.97. The Kier molecular flexibility index (Phi) is 8.09. The molecule has 14 heteroatoms. The SMILES string of the molecule is COC(=O)[C@H](C[C@H](F)C(=O)OC)NC(=O)c1ccc(NCc2cnc3nc(N)nc(N)c3n2)c(C)c1. The van der Waals surface area contributed by atoms with Gasteiger partial charge >= 0.3 is 11.9 Å². The van der Waals surface area contributed by atoms with Gasteiger partial charge < -0.3 is 31.6 Å². The molecule has 190 valence electrons. The summed E-state index contributed by atoms with van der Waals surface area (Å²) in [5.74, 6) is -2.57. The smallest absolute Gasteiger partial charge is 0.340 e. The van der Waals surface area contributed by atoms with Crippen LogP contribution in [0.25, 0.3) is 11.2 Å². The zero-order chi connectivity index (χ0) is 26.4. The predicted molar refractivity (Wildman–Crippen MR) is 127 cm³/mol. The number of fused-ring (bicyclic) bond motifs is 1. The Balaban J connectivity index is 1.69. The van der Waals surface area contributed by atoms with Crippen molar-refractivity contribution in [2.24, 2.45) is 0 Å². The molecule has 2 heterocycles. The third kappa shape index (κ3) is 6.08. The van der Waals surface area contributed by atoms with Crippen LogP contribution in [0.5, 0.6) is 0 Å². The van der Waals surface area contributed by atoms with Crippen molar-refractivity contribution in [1.82, 2.24) is 25.3 Å². The number of ether oxygens (including phenoxy) is 2. The minimum absolute atomic E-state index is 0.00538. The number of nitrogen functional groups attached to an aromatic ring is 2. The molecule has 2 atom stereocenters. The van der Waals surface area contributed by atoms with Crippen LogP contribution in [0.15, 0.2) is 24.4 Å². The van der Waals surface area contributed by atoms with E-state index >= 15 is 0 Å². The number of anilines is 3. The lowest BCUT2D eigenvalue weighted by Gasteiger charge is -2.18. The van der Waals surface area contributed by atoms with Gasteiger partial charge in [-0.15, -0.1) is 0 Å². The first kappa shape index (κ1) is 26.0. The maximum atomic E-state index is 14.0. The summed E-state index contributed by atoms with van der Waals surface area (Å²) in [6.45, 7) is 2.06. The van der Waals surface area contributed by atoms with Gasteiger partial charge in [0.1, 0.15) is 6.04 Å². The number of nitrogens with one attached hydrogen (secondary N) is 2. The topological polar surface area (TPSA) is 197 Å². The second kappa shape index (κ2) is 11.2. The fourth-order valence-corrected chi connectivity index (χ4v) is 3.29. The number of methoxy groups -OCH3 is 2. The van der Waals surface area contributed by atoms with Gasteiger partial charge in [-0.1, -0.05) is 0 Å². The first-order valence-corrected chi connectivity index (χ1v) is 10.6. The number of nitrogens with two attached hydrogens (primary N) is 2. The molecule has 0 fully saturated rings. The van der Waals surface area contributed by atoms with Gasteiger partial charge in [0.15, 0.2) is 23.2 Å². The van der Waals surface area contributed by atoms with E-state index in [9.17, 15) is 18.8 Å². The summed E-state index contributed by atoms with van der Waals surface area (Å²) < 4.78 is 22.9. The molecule has 0 saturated heterocycles. The lowest BCUT2D eigenvalue weighted by Crippen LogP contribution is -2.44. The molecule has 0 bridgehead atoms. The van der Waals surface area contributed by atoms with Crippen molar-refractivity contribution in [2.75, 3.05) is 31.0 Å². The summed E-state index contributed by atoms with van der Waals surface area (Å²) in [6, 6.07) is 3.39. The lowest BCUT2D eigenvalue weighted by molar-refractivity contribution is -0.148. The maximum Gasteiger partial charge on any atom is 0.340 e. The molecule has 0 radical (unpaired) electrons. The van der Waals surface area contributed by atoms with Crippen LogP contribution in [0.2, 0.25) is 0 Å². The Morgan fingerprint density at radius 2 is 1.81 bits per heavy atom. The quantitative estimate of drug-likeness (QED) is 0.300. The van der Waals surface area contributed by atoms with Crippen LogP contribution >= 0.6 is 0 Å². The first-order valence-electron chi connectivity index (χ1n) is 10.6. The number of halogens is 1. The first-order chi connectivity index (χ1) is 17.1. The maximum absolute atomic E-state index is 14.0. The molecule has 3 rings (SSSR count). The van der Waals surface area contributed by atoms with E-state index in [0.717, 1.165) is 14.2 Å². The molecule has 6 N–H and O–H groups in total. The number of aromatic nitrogens is 4. The molecule has 13 nitrogen and oxygen atoms in total. The van der Waals surface area contributed by atoms with Gasteiger partial charge in [0.2, 0.25) is 5.95 Å². The number of hydrogen-bond acceptors (Lipinski definition) is 12. The number of benzene rings is 1. The molecule has 3 aromatic rings. The fourth-order valence-electron chi connectivity index (χ4n) is 3.29. The van der Waals surface area contributed by atoms with E-state index in [1.165, 1.54) is 12.3 Å². The fraction of sp³-hybridized carbons (Fsp3) is 0.318. The number of carbonyl (C=O) groups is 3. The van der Waals surface area contributed by atoms with Crippen molar-refractivity contribution in [3.05, 3.63) is 41.2 Å². The molecule has 1 amide bonds. The number of esters is 2. The Hall–Kier alpha value is -4.62. The van der Waals surface area contributed by atoms with Gasteiger partial charge in [0, 0.05) is 17.7 Å². The molecule has 2 aromatic heterocycles.